The summed E-state index contributed by atoms with van der Waals surface area (Å²) in [5.41, 5.74) is 1.26. The Hall–Kier alpha value is -2.37. The number of anilines is 2. The third-order valence-corrected chi connectivity index (χ3v) is 2.85. The Labute approximate surface area is 124 Å². The minimum atomic E-state index is -0.391. The molecule has 114 valence electrons. The molecule has 1 aromatic rings. The zero-order valence-electron chi connectivity index (χ0n) is 12.5. The summed E-state index contributed by atoms with van der Waals surface area (Å²) in [6, 6.07) is 6.94. The molecule has 2 amide bonds. The topological polar surface area (TPSA) is 75.7 Å². The van der Waals surface area contributed by atoms with E-state index in [4.69, 9.17) is 4.74 Å². The van der Waals surface area contributed by atoms with Crippen LogP contribution in [0.1, 0.15) is 26.7 Å². The molecule has 0 unspecified atom stereocenters. The molecular weight excluding hydrogens is 272 g/mol. The maximum Gasteiger partial charge on any atom is 0.306 e. The van der Waals surface area contributed by atoms with Gasteiger partial charge in [-0.1, -0.05) is 6.07 Å². The van der Waals surface area contributed by atoms with E-state index >= 15 is 0 Å². The largest absolute Gasteiger partial charge is 0.466 e. The van der Waals surface area contributed by atoms with E-state index < -0.39 is 5.97 Å². The first kappa shape index (κ1) is 16.7. The highest BCUT2D eigenvalue weighted by atomic mass is 16.5. The SMILES string of the molecule is CCOC(=O)CCC(=O)Nc1cccc(N(C)C(C)=O)c1. The molecule has 0 spiro atoms. The van der Waals surface area contributed by atoms with Crippen LogP contribution in [-0.2, 0) is 19.1 Å². The zero-order chi connectivity index (χ0) is 15.8. The molecule has 6 nitrogen and oxygen atoms in total. The highest BCUT2D eigenvalue weighted by Gasteiger charge is 2.09. The molecular formula is C15H20N2O4. The fourth-order valence-corrected chi connectivity index (χ4v) is 1.65. The molecule has 0 aliphatic carbocycles. The third kappa shape index (κ3) is 5.64. The van der Waals surface area contributed by atoms with E-state index in [1.807, 2.05) is 0 Å². The molecule has 1 rings (SSSR count). The van der Waals surface area contributed by atoms with Gasteiger partial charge in [0.15, 0.2) is 0 Å². The Morgan fingerprint density at radius 1 is 1.24 bits per heavy atom. The summed E-state index contributed by atoms with van der Waals surface area (Å²) in [7, 11) is 1.66. The van der Waals surface area contributed by atoms with Crippen molar-refractivity contribution in [2.24, 2.45) is 0 Å². The van der Waals surface area contributed by atoms with Gasteiger partial charge >= 0.3 is 5.97 Å². The first-order valence-corrected chi connectivity index (χ1v) is 6.74. The summed E-state index contributed by atoms with van der Waals surface area (Å²) in [6.07, 6.45) is 0.109. The van der Waals surface area contributed by atoms with Crippen LogP contribution in [0.5, 0.6) is 0 Å². The van der Waals surface area contributed by atoms with Crippen molar-refractivity contribution in [3.05, 3.63) is 24.3 Å². The van der Waals surface area contributed by atoms with Crippen LogP contribution < -0.4 is 10.2 Å². The molecule has 0 atom stereocenters. The second-order valence-corrected chi connectivity index (χ2v) is 4.48. The summed E-state index contributed by atoms with van der Waals surface area (Å²) in [4.78, 5) is 35.7. The lowest BCUT2D eigenvalue weighted by Crippen LogP contribution is -2.23. The van der Waals surface area contributed by atoms with Crippen molar-refractivity contribution in [2.45, 2.75) is 26.7 Å². The zero-order valence-corrected chi connectivity index (χ0v) is 12.5. The maximum absolute atomic E-state index is 11.7. The van der Waals surface area contributed by atoms with Crippen molar-refractivity contribution in [1.29, 1.82) is 0 Å². The normalized spacial score (nSPS) is 9.86. The molecule has 0 heterocycles. The first-order chi connectivity index (χ1) is 9.93. The molecule has 0 saturated carbocycles. The fourth-order valence-electron chi connectivity index (χ4n) is 1.65. The number of carbonyl (C=O) groups is 3. The molecule has 0 radical (unpaired) electrons. The van der Waals surface area contributed by atoms with E-state index in [1.54, 1.807) is 38.2 Å². The van der Waals surface area contributed by atoms with Crippen LogP contribution in [0.2, 0.25) is 0 Å². The van der Waals surface area contributed by atoms with E-state index in [9.17, 15) is 14.4 Å². The molecule has 0 aliphatic heterocycles. The van der Waals surface area contributed by atoms with Crippen LogP contribution in [-0.4, -0.2) is 31.4 Å². The Morgan fingerprint density at radius 2 is 1.95 bits per heavy atom. The van der Waals surface area contributed by atoms with Gasteiger partial charge in [-0.15, -0.1) is 0 Å². The van der Waals surface area contributed by atoms with Crippen molar-refractivity contribution < 1.29 is 19.1 Å². The maximum atomic E-state index is 11.7. The van der Waals surface area contributed by atoms with Gasteiger partial charge in [-0.05, 0) is 25.1 Å². The van der Waals surface area contributed by atoms with Crippen molar-refractivity contribution in [3.63, 3.8) is 0 Å². The Balaban J connectivity index is 2.58. The summed E-state index contributed by atoms with van der Waals surface area (Å²) in [6.45, 7) is 3.49. The predicted octanol–water partition coefficient (Wildman–Crippen LogP) is 1.95. The van der Waals surface area contributed by atoms with Gasteiger partial charge in [0, 0.05) is 31.8 Å². The fraction of sp³-hybridized carbons (Fsp3) is 0.400. The van der Waals surface area contributed by atoms with Crippen molar-refractivity contribution in [3.8, 4) is 0 Å². The van der Waals surface area contributed by atoms with Gasteiger partial charge in [-0.2, -0.15) is 0 Å². The van der Waals surface area contributed by atoms with Gasteiger partial charge in [-0.3, -0.25) is 14.4 Å². The standard InChI is InChI=1S/C15H20N2O4/c1-4-21-15(20)9-8-14(19)16-12-6-5-7-13(10-12)17(3)11(2)18/h5-7,10H,4,8-9H2,1-3H3,(H,16,19). The third-order valence-electron chi connectivity index (χ3n) is 2.85. The minimum Gasteiger partial charge on any atom is -0.466 e. The quantitative estimate of drug-likeness (QED) is 0.813. The number of amides is 2. The molecule has 0 bridgehead atoms. The summed E-state index contributed by atoms with van der Waals surface area (Å²) < 4.78 is 4.76. The molecule has 0 saturated heterocycles. The van der Waals surface area contributed by atoms with Crippen LogP contribution in [0.15, 0.2) is 24.3 Å². The predicted molar refractivity (Wildman–Crippen MR) is 80.0 cm³/mol. The highest BCUT2D eigenvalue weighted by molar-refractivity contribution is 5.95. The van der Waals surface area contributed by atoms with Crippen molar-refractivity contribution >= 4 is 29.2 Å². The summed E-state index contributed by atoms with van der Waals surface area (Å²) in [5.74, 6) is -0.760. The second kappa shape index (κ2) is 8.04. The van der Waals surface area contributed by atoms with E-state index in [1.165, 1.54) is 11.8 Å². The molecule has 1 aromatic carbocycles. The highest BCUT2D eigenvalue weighted by Crippen LogP contribution is 2.18. The Kier molecular flexibility index (Phi) is 6.39. The first-order valence-electron chi connectivity index (χ1n) is 6.74. The molecule has 1 N–H and O–H groups in total. The van der Waals surface area contributed by atoms with Crippen LogP contribution >= 0.6 is 0 Å². The van der Waals surface area contributed by atoms with Gasteiger partial charge in [-0.25, -0.2) is 0 Å². The summed E-state index contributed by atoms with van der Waals surface area (Å²) in [5, 5.41) is 2.69. The lowest BCUT2D eigenvalue weighted by Gasteiger charge is -2.16. The van der Waals surface area contributed by atoms with Gasteiger partial charge in [0.1, 0.15) is 0 Å². The van der Waals surface area contributed by atoms with Gasteiger partial charge in [0.05, 0.1) is 13.0 Å². The molecule has 6 heteroatoms. The monoisotopic (exact) mass is 292 g/mol. The number of rotatable bonds is 6. The average molecular weight is 292 g/mol. The number of hydrogen-bond donors (Lipinski definition) is 1. The lowest BCUT2D eigenvalue weighted by molar-refractivity contribution is -0.144. The number of esters is 1. The van der Waals surface area contributed by atoms with Crippen molar-refractivity contribution in [1.82, 2.24) is 0 Å². The van der Waals surface area contributed by atoms with E-state index in [2.05, 4.69) is 5.32 Å². The molecule has 0 aromatic heterocycles. The van der Waals surface area contributed by atoms with E-state index in [0.717, 1.165) is 0 Å². The smallest absolute Gasteiger partial charge is 0.306 e. The van der Waals surface area contributed by atoms with E-state index in [-0.39, 0.29) is 24.7 Å². The molecule has 21 heavy (non-hydrogen) atoms. The lowest BCUT2D eigenvalue weighted by atomic mass is 10.2. The van der Waals surface area contributed by atoms with Gasteiger partial charge in [0.25, 0.3) is 0 Å². The van der Waals surface area contributed by atoms with Crippen LogP contribution in [0, 0.1) is 0 Å². The average Bonchev–Trinajstić information content (AvgIpc) is 2.45. The van der Waals surface area contributed by atoms with Crippen LogP contribution in [0.3, 0.4) is 0 Å². The van der Waals surface area contributed by atoms with Crippen LogP contribution in [0.4, 0.5) is 11.4 Å². The van der Waals surface area contributed by atoms with E-state index in [0.29, 0.717) is 18.0 Å². The molecule has 0 fully saturated rings. The van der Waals surface area contributed by atoms with Gasteiger partial charge < -0.3 is 15.0 Å². The van der Waals surface area contributed by atoms with Gasteiger partial charge in [0.2, 0.25) is 11.8 Å². The Morgan fingerprint density at radius 3 is 2.57 bits per heavy atom. The number of carbonyl (C=O) groups excluding carboxylic acids is 3. The number of benzene rings is 1. The van der Waals surface area contributed by atoms with Crippen LogP contribution in [0.25, 0.3) is 0 Å². The summed E-state index contributed by atoms with van der Waals surface area (Å²) >= 11 is 0. The number of nitrogens with one attached hydrogen (secondary N) is 1. The van der Waals surface area contributed by atoms with Crippen molar-refractivity contribution in [2.75, 3.05) is 23.9 Å². The molecule has 0 aliphatic rings. The minimum absolute atomic E-state index is 0.0483. The number of hydrogen-bond acceptors (Lipinski definition) is 4. The Bertz CT molecular complexity index is 528. The number of nitrogens with zero attached hydrogens (tertiary/aromatic N) is 1. The number of ether oxygens (including phenoxy) is 1. The second-order valence-electron chi connectivity index (χ2n) is 4.48.